The van der Waals surface area contributed by atoms with Crippen molar-refractivity contribution in [3.05, 3.63) is 29.3 Å². The third kappa shape index (κ3) is 5.63. The van der Waals surface area contributed by atoms with Gasteiger partial charge in [0.1, 0.15) is 5.75 Å². The molecule has 138 valence electrons. The fourth-order valence-corrected chi connectivity index (χ4v) is 3.63. The smallest absolute Gasteiger partial charge is 0.191 e. The molecule has 3 rings (SSSR count). The molecule has 0 saturated carbocycles. The standard InChI is InChI=1S/C20H32N4O/c1-21-20(23-11-14-24-12-4-2-3-5-13-24)22-10-8-17-6-7-19-18(16-17)9-15-25-19/h6-7,16H,2-5,8-15H2,1H3,(H2,21,22,23). The molecule has 2 aliphatic rings. The number of likely N-dealkylation sites (tertiary alicyclic amines) is 1. The van der Waals surface area contributed by atoms with Crippen molar-refractivity contribution in [3.8, 4) is 5.75 Å². The van der Waals surface area contributed by atoms with Crippen LogP contribution < -0.4 is 15.4 Å². The molecule has 2 N–H and O–H groups in total. The van der Waals surface area contributed by atoms with Crippen molar-refractivity contribution in [2.24, 2.45) is 4.99 Å². The maximum atomic E-state index is 5.57. The highest BCUT2D eigenvalue weighted by atomic mass is 16.5. The summed E-state index contributed by atoms with van der Waals surface area (Å²) in [4.78, 5) is 6.90. The number of hydrogen-bond acceptors (Lipinski definition) is 3. The zero-order valence-electron chi connectivity index (χ0n) is 15.5. The Labute approximate surface area is 151 Å². The van der Waals surface area contributed by atoms with Crippen LogP contribution in [0.4, 0.5) is 0 Å². The van der Waals surface area contributed by atoms with Gasteiger partial charge >= 0.3 is 0 Å². The van der Waals surface area contributed by atoms with E-state index in [9.17, 15) is 0 Å². The number of guanidine groups is 1. The van der Waals surface area contributed by atoms with Crippen molar-refractivity contribution in [1.82, 2.24) is 15.5 Å². The Balaban J connectivity index is 1.35. The van der Waals surface area contributed by atoms with Gasteiger partial charge in [0.05, 0.1) is 6.61 Å². The number of aliphatic imine (C=N–C) groups is 1. The van der Waals surface area contributed by atoms with Gasteiger partial charge in [0.25, 0.3) is 0 Å². The lowest BCUT2D eigenvalue weighted by atomic mass is 10.1. The summed E-state index contributed by atoms with van der Waals surface area (Å²) in [6.45, 7) is 6.26. The number of fused-ring (bicyclic) bond motifs is 1. The van der Waals surface area contributed by atoms with Crippen molar-refractivity contribution < 1.29 is 4.74 Å². The van der Waals surface area contributed by atoms with Crippen LogP contribution in [0.3, 0.4) is 0 Å². The van der Waals surface area contributed by atoms with Crippen LogP contribution in [0.5, 0.6) is 5.75 Å². The zero-order valence-corrected chi connectivity index (χ0v) is 15.5. The van der Waals surface area contributed by atoms with Crippen LogP contribution in [0.2, 0.25) is 0 Å². The molecule has 5 heteroatoms. The molecule has 0 amide bonds. The molecule has 0 radical (unpaired) electrons. The summed E-state index contributed by atoms with van der Waals surface area (Å²) in [5.74, 6) is 1.96. The van der Waals surface area contributed by atoms with Crippen molar-refractivity contribution in [2.45, 2.75) is 38.5 Å². The first-order chi connectivity index (χ1) is 12.3. The fourth-order valence-electron chi connectivity index (χ4n) is 3.63. The second-order valence-electron chi connectivity index (χ2n) is 6.97. The summed E-state index contributed by atoms with van der Waals surface area (Å²) in [7, 11) is 1.84. The maximum Gasteiger partial charge on any atom is 0.191 e. The first-order valence-electron chi connectivity index (χ1n) is 9.76. The average Bonchev–Trinajstić information content (AvgIpc) is 2.95. The Kier molecular flexibility index (Phi) is 6.98. The lowest BCUT2D eigenvalue weighted by Crippen LogP contribution is -2.42. The van der Waals surface area contributed by atoms with Gasteiger partial charge in [0, 0.05) is 33.1 Å². The summed E-state index contributed by atoms with van der Waals surface area (Å²) in [5, 5.41) is 6.87. The predicted molar refractivity (Wildman–Crippen MR) is 104 cm³/mol. The van der Waals surface area contributed by atoms with E-state index in [1.54, 1.807) is 0 Å². The van der Waals surface area contributed by atoms with Crippen molar-refractivity contribution in [1.29, 1.82) is 0 Å². The van der Waals surface area contributed by atoms with Gasteiger partial charge in [-0.15, -0.1) is 0 Å². The van der Waals surface area contributed by atoms with Gasteiger partial charge in [0.2, 0.25) is 0 Å². The van der Waals surface area contributed by atoms with E-state index in [1.807, 2.05) is 7.05 Å². The maximum absolute atomic E-state index is 5.57. The Hall–Kier alpha value is -1.75. The van der Waals surface area contributed by atoms with E-state index in [2.05, 4.69) is 38.7 Å². The first-order valence-corrected chi connectivity index (χ1v) is 9.76. The minimum atomic E-state index is 0.824. The second-order valence-corrected chi connectivity index (χ2v) is 6.97. The quantitative estimate of drug-likeness (QED) is 0.614. The topological polar surface area (TPSA) is 48.9 Å². The molecule has 1 aromatic carbocycles. The van der Waals surface area contributed by atoms with Crippen LogP contribution in [-0.2, 0) is 12.8 Å². The van der Waals surface area contributed by atoms with E-state index >= 15 is 0 Å². The highest BCUT2D eigenvalue weighted by molar-refractivity contribution is 5.79. The minimum Gasteiger partial charge on any atom is -0.493 e. The molecule has 1 fully saturated rings. The van der Waals surface area contributed by atoms with Crippen LogP contribution in [0.15, 0.2) is 23.2 Å². The second kappa shape index (κ2) is 9.66. The first kappa shape index (κ1) is 18.1. The summed E-state index contributed by atoms with van der Waals surface area (Å²) in [5.41, 5.74) is 2.70. The number of benzene rings is 1. The summed E-state index contributed by atoms with van der Waals surface area (Å²) >= 11 is 0. The van der Waals surface area contributed by atoms with Crippen molar-refractivity contribution in [2.75, 3.05) is 46.4 Å². The van der Waals surface area contributed by atoms with Gasteiger partial charge in [-0.1, -0.05) is 25.0 Å². The molecular weight excluding hydrogens is 312 g/mol. The van der Waals surface area contributed by atoms with Crippen LogP contribution >= 0.6 is 0 Å². The highest BCUT2D eigenvalue weighted by Crippen LogP contribution is 2.25. The molecule has 5 nitrogen and oxygen atoms in total. The normalized spacial score (nSPS) is 18.4. The average molecular weight is 345 g/mol. The van der Waals surface area contributed by atoms with E-state index < -0.39 is 0 Å². The molecule has 0 aromatic heterocycles. The number of nitrogens with one attached hydrogen (secondary N) is 2. The number of rotatable bonds is 6. The van der Waals surface area contributed by atoms with E-state index in [4.69, 9.17) is 4.74 Å². The molecular formula is C20H32N4O. The lowest BCUT2D eigenvalue weighted by Gasteiger charge is -2.20. The van der Waals surface area contributed by atoms with Crippen molar-refractivity contribution >= 4 is 5.96 Å². The predicted octanol–water partition coefficient (Wildman–Crippen LogP) is 2.21. The number of ether oxygens (including phenoxy) is 1. The molecule has 0 aliphatic carbocycles. The largest absolute Gasteiger partial charge is 0.493 e. The van der Waals surface area contributed by atoms with Crippen LogP contribution in [0.25, 0.3) is 0 Å². The van der Waals surface area contributed by atoms with Crippen LogP contribution in [-0.4, -0.2) is 57.2 Å². The van der Waals surface area contributed by atoms with E-state index in [-0.39, 0.29) is 0 Å². The third-order valence-electron chi connectivity index (χ3n) is 5.10. The molecule has 0 atom stereocenters. The molecule has 0 spiro atoms. The molecule has 0 bridgehead atoms. The van der Waals surface area contributed by atoms with Gasteiger partial charge in [-0.05, 0) is 49.5 Å². The Bertz CT molecular complexity index is 565. The summed E-state index contributed by atoms with van der Waals surface area (Å²) in [6, 6.07) is 6.55. The zero-order chi connectivity index (χ0) is 17.3. The number of nitrogens with zero attached hydrogens (tertiary/aromatic N) is 2. The lowest BCUT2D eigenvalue weighted by molar-refractivity contribution is 0.289. The molecule has 1 aromatic rings. The summed E-state index contributed by atoms with van der Waals surface area (Å²) in [6.07, 6.45) is 7.51. The van der Waals surface area contributed by atoms with E-state index in [1.165, 1.54) is 49.9 Å². The summed E-state index contributed by atoms with van der Waals surface area (Å²) < 4.78 is 5.57. The van der Waals surface area contributed by atoms with E-state index in [0.717, 1.165) is 50.8 Å². The van der Waals surface area contributed by atoms with Crippen LogP contribution in [0.1, 0.15) is 36.8 Å². The molecule has 0 unspecified atom stereocenters. The van der Waals surface area contributed by atoms with Gasteiger partial charge in [0.15, 0.2) is 5.96 Å². The molecule has 2 aliphatic heterocycles. The Morgan fingerprint density at radius 3 is 2.72 bits per heavy atom. The van der Waals surface area contributed by atoms with Crippen molar-refractivity contribution in [3.63, 3.8) is 0 Å². The van der Waals surface area contributed by atoms with Gasteiger partial charge in [-0.25, -0.2) is 0 Å². The third-order valence-corrected chi connectivity index (χ3v) is 5.10. The minimum absolute atomic E-state index is 0.824. The van der Waals surface area contributed by atoms with Gasteiger partial charge < -0.3 is 20.3 Å². The SMILES string of the molecule is CN=C(NCCc1ccc2c(c1)CCO2)NCCN1CCCCCC1. The molecule has 1 saturated heterocycles. The Morgan fingerprint density at radius 2 is 1.92 bits per heavy atom. The van der Waals surface area contributed by atoms with Gasteiger partial charge in [-0.3, -0.25) is 4.99 Å². The monoisotopic (exact) mass is 344 g/mol. The number of hydrogen-bond donors (Lipinski definition) is 2. The van der Waals surface area contributed by atoms with E-state index in [0.29, 0.717) is 0 Å². The van der Waals surface area contributed by atoms with Gasteiger partial charge in [-0.2, -0.15) is 0 Å². The molecule has 2 heterocycles. The fraction of sp³-hybridized carbons (Fsp3) is 0.650. The van der Waals surface area contributed by atoms with Crippen LogP contribution in [0, 0.1) is 0 Å². The Morgan fingerprint density at radius 1 is 1.12 bits per heavy atom. The highest BCUT2D eigenvalue weighted by Gasteiger charge is 2.12. The molecule has 25 heavy (non-hydrogen) atoms.